The van der Waals surface area contributed by atoms with Gasteiger partial charge in [-0.2, -0.15) is 0 Å². The second kappa shape index (κ2) is 6.07. The van der Waals surface area contributed by atoms with Crippen LogP contribution in [-0.4, -0.2) is 36.5 Å². The molecule has 1 atom stereocenters. The lowest BCUT2D eigenvalue weighted by Gasteiger charge is -2.32. The van der Waals surface area contributed by atoms with Gasteiger partial charge in [0.1, 0.15) is 11.9 Å². The Balaban J connectivity index is 1.93. The van der Waals surface area contributed by atoms with E-state index in [9.17, 15) is 4.79 Å². The van der Waals surface area contributed by atoms with E-state index in [-0.39, 0.29) is 18.6 Å². The summed E-state index contributed by atoms with van der Waals surface area (Å²) < 4.78 is 5.84. The van der Waals surface area contributed by atoms with Crippen molar-refractivity contribution in [3.63, 3.8) is 0 Å². The summed E-state index contributed by atoms with van der Waals surface area (Å²) in [5.74, 6) is 0.769. The van der Waals surface area contributed by atoms with Crippen LogP contribution in [0.3, 0.4) is 0 Å². The number of nitrogens with two attached hydrogens (primary N) is 1. The molecule has 0 spiro atoms. The molecule has 98 valence electrons. The molecule has 1 aromatic carbocycles. The fourth-order valence-corrected chi connectivity index (χ4v) is 2.22. The average Bonchev–Trinajstić information content (AvgIpc) is 2.41. The quantitative estimate of drug-likeness (QED) is 0.907. The summed E-state index contributed by atoms with van der Waals surface area (Å²) in [4.78, 5) is 13.3. The Bertz CT molecular complexity index is 408. The van der Waals surface area contributed by atoms with Crippen molar-refractivity contribution in [2.24, 2.45) is 5.73 Å². The number of rotatable bonds is 3. The molecular formula is C13H17ClN2O2. The van der Waals surface area contributed by atoms with Gasteiger partial charge in [0.25, 0.3) is 0 Å². The third kappa shape index (κ3) is 3.37. The maximum absolute atomic E-state index is 11.5. The highest BCUT2D eigenvalue weighted by atomic mass is 35.5. The van der Waals surface area contributed by atoms with Crippen molar-refractivity contribution in [3.8, 4) is 5.75 Å². The monoisotopic (exact) mass is 268 g/mol. The molecule has 1 aliphatic rings. The normalized spacial score (nSPS) is 19.7. The molecule has 2 N–H and O–H groups in total. The number of likely N-dealkylation sites (tertiary alicyclic amines) is 1. The largest absolute Gasteiger partial charge is 0.489 e. The molecule has 1 amide bonds. The number of halogens is 1. The first-order chi connectivity index (χ1) is 8.69. The molecule has 1 aliphatic heterocycles. The Morgan fingerprint density at radius 1 is 1.44 bits per heavy atom. The second-order valence-corrected chi connectivity index (χ2v) is 4.82. The fraction of sp³-hybridized carbons (Fsp3) is 0.462. The molecular weight excluding hydrogens is 252 g/mol. The van der Waals surface area contributed by atoms with E-state index in [1.165, 1.54) is 0 Å². The SMILES string of the molecule is NCC(=O)N1CCCC(Oc2ccc(Cl)cc2)C1. The van der Waals surface area contributed by atoms with Gasteiger partial charge in [-0.25, -0.2) is 0 Å². The summed E-state index contributed by atoms with van der Waals surface area (Å²) in [6, 6.07) is 7.27. The number of ether oxygens (including phenoxy) is 1. The number of nitrogens with zero attached hydrogens (tertiary/aromatic N) is 1. The van der Waals surface area contributed by atoms with Crippen LogP contribution < -0.4 is 10.5 Å². The van der Waals surface area contributed by atoms with Gasteiger partial charge in [-0.3, -0.25) is 4.79 Å². The maximum Gasteiger partial charge on any atom is 0.236 e. The van der Waals surface area contributed by atoms with Crippen LogP contribution in [0.5, 0.6) is 5.75 Å². The number of carbonyl (C=O) groups is 1. The highest BCUT2D eigenvalue weighted by molar-refractivity contribution is 6.30. The van der Waals surface area contributed by atoms with Crippen molar-refractivity contribution in [3.05, 3.63) is 29.3 Å². The molecule has 0 aliphatic carbocycles. The van der Waals surface area contributed by atoms with E-state index in [2.05, 4.69) is 0 Å². The lowest BCUT2D eigenvalue weighted by molar-refractivity contribution is -0.132. The molecule has 1 aromatic rings. The lowest BCUT2D eigenvalue weighted by Crippen LogP contribution is -2.46. The molecule has 1 heterocycles. The minimum atomic E-state index is -0.0144. The third-order valence-electron chi connectivity index (χ3n) is 3.02. The molecule has 0 aromatic heterocycles. The molecule has 5 heteroatoms. The van der Waals surface area contributed by atoms with Crippen LogP contribution in [0.15, 0.2) is 24.3 Å². The topological polar surface area (TPSA) is 55.6 Å². The zero-order valence-electron chi connectivity index (χ0n) is 10.1. The zero-order chi connectivity index (χ0) is 13.0. The van der Waals surface area contributed by atoms with E-state index in [0.717, 1.165) is 25.1 Å². The van der Waals surface area contributed by atoms with Crippen LogP contribution in [0.25, 0.3) is 0 Å². The van der Waals surface area contributed by atoms with Crippen molar-refractivity contribution in [1.29, 1.82) is 0 Å². The van der Waals surface area contributed by atoms with Crippen LogP contribution in [0.2, 0.25) is 5.02 Å². The van der Waals surface area contributed by atoms with E-state index >= 15 is 0 Å². The first-order valence-corrected chi connectivity index (χ1v) is 6.47. The maximum atomic E-state index is 11.5. The first kappa shape index (κ1) is 13.2. The molecule has 18 heavy (non-hydrogen) atoms. The van der Waals surface area contributed by atoms with Gasteiger partial charge in [0.05, 0.1) is 13.1 Å². The Labute approximate surface area is 112 Å². The van der Waals surface area contributed by atoms with E-state index in [4.69, 9.17) is 22.1 Å². The Morgan fingerprint density at radius 3 is 2.83 bits per heavy atom. The van der Waals surface area contributed by atoms with E-state index in [1.54, 1.807) is 17.0 Å². The minimum Gasteiger partial charge on any atom is -0.489 e. The van der Waals surface area contributed by atoms with Gasteiger partial charge in [-0.15, -0.1) is 0 Å². The van der Waals surface area contributed by atoms with Gasteiger partial charge in [-0.1, -0.05) is 11.6 Å². The molecule has 0 radical (unpaired) electrons. The number of benzene rings is 1. The smallest absolute Gasteiger partial charge is 0.236 e. The number of hydrogen-bond donors (Lipinski definition) is 1. The van der Waals surface area contributed by atoms with Gasteiger partial charge in [0.15, 0.2) is 0 Å². The summed E-state index contributed by atoms with van der Waals surface area (Å²) in [5.41, 5.74) is 5.37. The van der Waals surface area contributed by atoms with Crippen molar-refractivity contribution in [2.45, 2.75) is 18.9 Å². The van der Waals surface area contributed by atoms with Gasteiger partial charge in [0, 0.05) is 11.6 Å². The van der Waals surface area contributed by atoms with Gasteiger partial charge in [0.2, 0.25) is 5.91 Å². The van der Waals surface area contributed by atoms with E-state index in [1.807, 2.05) is 12.1 Å². The Kier molecular flexibility index (Phi) is 4.44. The van der Waals surface area contributed by atoms with Crippen LogP contribution in [0.4, 0.5) is 0 Å². The van der Waals surface area contributed by atoms with Crippen LogP contribution >= 0.6 is 11.6 Å². The Hall–Kier alpha value is -1.26. The summed E-state index contributed by atoms with van der Waals surface area (Å²) in [6.45, 7) is 1.45. The average molecular weight is 269 g/mol. The Morgan fingerprint density at radius 2 is 2.17 bits per heavy atom. The molecule has 2 rings (SSSR count). The third-order valence-corrected chi connectivity index (χ3v) is 3.27. The number of amides is 1. The molecule has 0 saturated carbocycles. The number of carbonyl (C=O) groups excluding carboxylic acids is 1. The summed E-state index contributed by atoms with van der Waals surface area (Å²) in [6.07, 6.45) is 1.94. The molecule has 0 bridgehead atoms. The second-order valence-electron chi connectivity index (χ2n) is 4.38. The summed E-state index contributed by atoms with van der Waals surface area (Å²) in [7, 11) is 0. The molecule has 1 unspecified atom stereocenters. The predicted octanol–water partition coefficient (Wildman–Crippen LogP) is 1.67. The van der Waals surface area contributed by atoms with Crippen LogP contribution in [-0.2, 0) is 4.79 Å². The minimum absolute atomic E-state index is 0.0144. The zero-order valence-corrected chi connectivity index (χ0v) is 10.9. The first-order valence-electron chi connectivity index (χ1n) is 6.09. The number of piperidine rings is 1. The standard InChI is InChI=1S/C13H17ClN2O2/c14-10-3-5-11(6-4-10)18-12-2-1-7-16(9-12)13(17)8-15/h3-6,12H,1-2,7-9,15H2. The van der Waals surface area contributed by atoms with E-state index < -0.39 is 0 Å². The van der Waals surface area contributed by atoms with Gasteiger partial charge in [-0.05, 0) is 37.1 Å². The van der Waals surface area contributed by atoms with Crippen LogP contribution in [0.1, 0.15) is 12.8 Å². The fourth-order valence-electron chi connectivity index (χ4n) is 2.10. The van der Waals surface area contributed by atoms with E-state index in [0.29, 0.717) is 11.6 Å². The highest BCUT2D eigenvalue weighted by Gasteiger charge is 2.23. The van der Waals surface area contributed by atoms with Crippen molar-refractivity contribution in [2.75, 3.05) is 19.6 Å². The number of hydrogen-bond acceptors (Lipinski definition) is 3. The molecule has 4 nitrogen and oxygen atoms in total. The highest BCUT2D eigenvalue weighted by Crippen LogP contribution is 2.20. The summed E-state index contributed by atoms with van der Waals surface area (Å²) >= 11 is 5.82. The molecule has 1 saturated heterocycles. The van der Waals surface area contributed by atoms with Crippen molar-refractivity contribution >= 4 is 17.5 Å². The van der Waals surface area contributed by atoms with Crippen LogP contribution in [0, 0.1) is 0 Å². The van der Waals surface area contributed by atoms with Gasteiger partial charge < -0.3 is 15.4 Å². The summed E-state index contributed by atoms with van der Waals surface area (Å²) in [5, 5.41) is 0.686. The van der Waals surface area contributed by atoms with Gasteiger partial charge >= 0.3 is 0 Å². The molecule has 1 fully saturated rings. The van der Waals surface area contributed by atoms with Crippen molar-refractivity contribution < 1.29 is 9.53 Å². The predicted molar refractivity (Wildman–Crippen MR) is 70.7 cm³/mol. The van der Waals surface area contributed by atoms with Crippen molar-refractivity contribution in [1.82, 2.24) is 4.90 Å². The lowest BCUT2D eigenvalue weighted by atomic mass is 10.1.